The Morgan fingerprint density at radius 1 is 1.50 bits per heavy atom. The largest absolute Gasteiger partial charge is 0.480 e. The number of nitrogens with one attached hydrogen (secondary N) is 1. The minimum atomic E-state index is -0.737. The average molecular weight is 217 g/mol. The molecular formula is C9H15NO3S. The molecule has 2 atom stereocenters. The Balaban J connectivity index is 1.99. The summed E-state index contributed by atoms with van der Waals surface area (Å²) in [6, 6.07) is -0.377. The van der Waals surface area contributed by atoms with Crippen molar-refractivity contribution >= 4 is 17.7 Å². The normalized spacial score (nSPS) is 38.4. The number of carboxylic acid groups (broad SMARTS) is 1. The van der Waals surface area contributed by atoms with Crippen LogP contribution in [0, 0.1) is 0 Å². The first-order chi connectivity index (χ1) is 6.72. The summed E-state index contributed by atoms with van der Waals surface area (Å²) in [5, 5.41) is 12.1. The summed E-state index contributed by atoms with van der Waals surface area (Å²) < 4.78 is 5.38. The highest BCUT2D eigenvalue weighted by Gasteiger charge is 2.41. The SMILES string of the molecule is O=C(O)[C@@H]1CSC2(CCCOCC2)N1. The maximum Gasteiger partial charge on any atom is 0.321 e. The van der Waals surface area contributed by atoms with Gasteiger partial charge in [0, 0.05) is 19.0 Å². The molecule has 0 bridgehead atoms. The van der Waals surface area contributed by atoms with Crippen LogP contribution in [0.3, 0.4) is 0 Å². The molecule has 2 aliphatic heterocycles. The van der Waals surface area contributed by atoms with Crippen LogP contribution in [0.5, 0.6) is 0 Å². The topological polar surface area (TPSA) is 58.6 Å². The van der Waals surface area contributed by atoms with Crippen LogP contribution in [0.1, 0.15) is 19.3 Å². The highest BCUT2D eigenvalue weighted by Crippen LogP contribution is 2.38. The summed E-state index contributed by atoms with van der Waals surface area (Å²) >= 11 is 1.74. The zero-order valence-electron chi connectivity index (χ0n) is 7.99. The Hall–Kier alpha value is -0.260. The first-order valence-corrected chi connectivity index (χ1v) is 5.93. The Kier molecular flexibility index (Phi) is 2.99. The Labute approximate surface area is 87.4 Å². The zero-order valence-corrected chi connectivity index (χ0v) is 8.81. The summed E-state index contributed by atoms with van der Waals surface area (Å²) in [6.07, 6.45) is 2.95. The third-order valence-electron chi connectivity index (χ3n) is 2.78. The van der Waals surface area contributed by atoms with Crippen molar-refractivity contribution in [3.8, 4) is 0 Å². The van der Waals surface area contributed by atoms with Crippen molar-refractivity contribution in [2.45, 2.75) is 30.2 Å². The first-order valence-electron chi connectivity index (χ1n) is 4.94. The van der Waals surface area contributed by atoms with Crippen LogP contribution < -0.4 is 5.32 Å². The van der Waals surface area contributed by atoms with E-state index in [9.17, 15) is 4.79 Å². The predicted octanol–water partition coefficient (Wildman–Crippen LogP) is 0.673. The van der Waals surface area contributed by atoms with Crippen molar-refractivity contribution in [3.63, 3.8) is 0 Å². The number of hydrogen-bond donors (Lipinski definition) is 2. The van der Waals surface area contributed by atoms with Gasteiger partial charge in [-0.25, -0.2) is 0 Å². The molecule has 0 aromatic carbocycles. The predicted molar refractivity (Wildman–Crippen MR) is 54.4 cm³/mol. The molecule has 4 nitrogen and oxygen atoms in total. The summed E-state index contributed by atoms with van der Waals surface area (Å²) in [5.41, 5.74) is 0. The second-order valence-corrected chi connectivity index (χ2v) is 5.21. The number of thioether (sulfide) groups is 1. The molecule has 2 N–H and O–H groups in total. The highest BCUT2D eigenvalue weighted by molar-refractivity contribution is 8.00. The summed E-state index contributed by atoms with van der Waals surface area (Å²) in [4.78, 5) is 10.8. The van der Waals surface area contributed by atoms with E-state index in [4.69, 9.17) is 9.84 Å². The van der Waals surface area contributed by atoms with Crippen molar-refractivity contribution in [1.29, 1.82) is 0 Å². The van der Waals surface area contributed by atoms with E-state index in [-0.39, 0.29) is 10.9 Å². The Bertz CT molecular complexity index is 226. The Morgan fingerprint density at radius 2 is 2.36 bits per heavy atom. The van der Waals surface area contributed by atoms with Gasteiger partial charge in [0.25, 0.3) is 0 Å². The molecule has 0 aromatic heterocycles. The maximum absolute atomic E-state index is 10.8. The van der Waals surface area contributed by atoms with Gasteiger partial charge in [-0.15, -0.1) is 11.8 Å². The quantitative estimate of drug-likeness (QED) is 0.676. The van der Waals surface area contributed by atoms with Crippen molar-refractivity contribution < 1.29 is 14.6 Å². The van der Waals surface area contributed by atoms with Crippen LogP contribution in [-0.4, -0.2) is 41.0 Å². The Morgan fingerprint density at radius 3 is 3.07 bits per heavy atom. The lowest BCUT2D eigenvalue weighted by Crippen LogP contribution is -2.45. The summed E-state index contributed by atoms with van der Waals surface area (Å²) in [5.74, 6) is -0.0606. The molecule has 2 saturated heterocycles. The standard InChI is InChI=1S/C9H15NO3S/c11-8(12)7-6-14-9(10-7)2-1-4-13-5-3-9/h7,10H,1-6H2,(H,11,12)/t7-,9?/m0/s1. The number of rotatable bonds is 1. The van der Waals surface area contributed by atoms with Crippen LogP contribution >= 0.6 is 11.8 Å². The van der Waals surface area contributed by atoms with Gasteiger partial charge in [0.2, 0.25) is 0 Å². The minimum absolute atomic E-state index is 0.0282. The van der Waals surface area contributed by atoms with Gasteiger partial charge < -0.3 is 9.84 Å². The van der Waals surface area contributed by atoms with E-state index in [0.717, 1.165) is 32.5 Å². The van der Waals surface area contributed by atoms with Crippen molar-refractivity contribution in [3.05, 3.63) is 0 Å². The number of aliphatic carboxylic acids is 1. The number of carboxylic acids is 1. The molecule has 2 fully saturated rings. The molecule has 2 aliphatic rings. The van der Waals surface area contributed by atoms with Gasteiger partial charge in [-0.2, -0.15) is 0 Å². The lowest BCUT2D eigenvalue weighted by atomic mass is 10.1. The lowest BCUT2D eigenvalue weighted by Gasteiger charge is -2.26. The summed E-state index contributed by atoms with van der Waals surface area (Å²) in [6.45, 7) is 1.55. The number of hydrogen-bond acceptors (Lipinski definition) is 4. The van der Waals surface area contributed by atoms with Gasteiger partial charge in [0.15, 0.2) is 0 Å². The third kappa shape index (κ3) is 2.04. The second kappa shape index (κ2) is 4.08. The monoisotopic (exact) mass is 217 g/mol. The first kappa shape index (κ1) is 10.3. The fraction of sp³-hybridized carbons (Fsp3) is 0.889. The number of ether oxygens (including phenoxy) is 1. The molecular weight excluding hydrogens is 202 g/mol. The van der Waals surface area contributed by atoms with Crippen LogP contribution in [0.15, 0.2) is 0 Å². The molecule has 14 heavy (non-hydrogen) atoms. The smallest absolute Gasteiger partial charge is 0.321 e. The van der Waals surface area contributed by atoms with Gasteiger partial charge in [-0.1, -0.05) is 0 Å². The van der Waals surface area contributed by atoms with E-state index in [2.05, 4.69) is 5.32 Å². The maximum atomic E-state index is 10.8. The van der Waals surface area contributed by atoms with E-state index < -0.39 is 5.97 Å². The van der Waals surface area contributed by atoms with Gasteiger partial charge in [-0.05, 0) is 19.3 Å². The van der Waals surface area contributed by atoms with E-state index in [1.165, 1.54) is 0 Å². The highest BCUT2D eigenvalue weighted by atomic mass is 32.2. The molecule has 5 heteroatoms. The van der Waals surface area contributed by atoms with Crippen LogP contribution in [0.2, 0.25) is 0 Å². The van der Waals surface area contributed by atoms with Crippen molar-refractivity contribution in [1.82, 2.24) is 5.32 Å². The van der Waals surface area contributed by atoms with E-state index >= 15 is 0 Å². The van der Waals surface area contributed by atoms with Crippen molar-refractivity contribution in [2.75, 3.05) is 19.0 Å². The van der Waals surface area contributed by atoms with E-state index in [1.54, 1.807) is 11.8 Å². The van der Waals surface area contributed by atoms with Gasteiger partial charge in [-0.3, -0.25) is 10.1 Å². The van der Waals surface area contributed by atoms with Crippen LogP contribution in [0.25, 0.3) is 0 Å². The van der Waals surface area contributed by atoms with Crippen LogP contribution in [0.4, 0.5) is 0 Å². The molecule has 0 aromatic rings. The summed E-state index contributed by atoms with van der Waals surface area (Å²) in [7, 11) is 0. The van der Waals surface area contributed by atoms with E-state index in [0.29, 0.717) is 5.75 Å². The molecule has 2 heterocycles. The number of carbonyl (C=O) groups is 1. The molecule has 1 unspecified atom stereocenters. The molecule has 2 rings (SSSR count). The molecule has 0 radical (unpaired) electrons. The minimum Gasteiger partial charge on any atom is -0.480 e. The average Bonchev–Trinajstić information content (AvgIpc) is 2.41. The third-order valence-corrected chi connectivity index (χ3v) is 4.36. The van der Waals surface area contributed by atoms with Gasteiger partial charge in [0.1, 0.15) is 6.04 Å². The molecule has 0 saturated carbocycles. The van der Waals surface area contributed by atoms with Crippen molar-refractivity contribution in [2.24, 2.45) is 0 Å². The van der Waals surface area contributed by atoms with Gasteiger partial charge >= 0.3 is 5.97 Å². The zero-order chi connectivity index (χ0) is 10.0. The van der Waals surface area contributed by atoms with Crippen LogP contribution in [-0.2, 0) is 9.53 Å². The fourth-order valence-electron chi connectivity index (χ4n) is 1.99. The second-order valence-electron chi connectivity index (χ2n) is 3.81. The molecule has 0 aliphatic carbocycles. The van der Waals surface area contributed by atoms with Gasteiger partial charge in [0.05, 0.1) is 4.87 Å². The van der Waals surface area contributed by atoms with E-state index in [1.807, 2.05) is 0 Å². The lowest BCUT2D eigenvalue weighted by molar-refractivity contribution is -0.138. The molecule has 80 valence electrons. The molecule has 0 amide bonds. The molecule has 1 spiro atoms. The fourth-order valence-corrected chi connectivity index (χ4v) is 3.44.